The summed E-state index contributed by atoms with van der Waals surface area (Å²) >= 11 is 0. The zero-order valence-electron chi connectivity index (χ0n) is 37.8. The summed E-state index contributed by atoms with van der Waals surface area (Å²) in [6.45, 7) is 14.9. The fourth-order valence-corrected chi connectivity index (χ4v) is 8.22. The third-order valence-corrected chi connectivity index (χ3v) is 12.7. The Kier molecular flexibility index (Phi) is 16.1. The lowest BCUT2D eigenvalue weighted by Gasteiger charge is -2.29. The van der Waals surface area contributed by atoms with Crippen LogP contribution in [0.5, 0.6) is 0 Å². The van der Waals surface area contributed by atoms with E-state index in [-0.39, 0.29) is 53.2 Å². The summed E-state index contributed by atoms with van der Waals surface area (Å²) in [4.78, 5) is 76.9. The van der Waals surface area contributed by atoms with Crippen molar-refractivity contribution in [1.29, 1.82) is 0 Å². The van der Waals surface area contributed by atoms with Crippen LogP contribution in [0, 0.1) is 24.6 Å². The van der Waals surface area contributed by atoms with Gasteiger partial charge in [-0.05, 0) is 118 Å². The number of hydrogen-bond acceptors (Lipinski definition) is 9. The number of aromatic carboxylic acids is 1. The van der Waals surface area contributed by atoms with Crippen molar-refractivity contribution in [1.82, 2.24) is 15.2 Å². The molecule has 3 aromatic carbocycles. The highest BCUT2D eigenvalue weighted by Crippen LogP contribution is 2.31. The first-order chi connectivity index (χ1) is 30.1. The van der Waals surface area contributed by atoms with E-state index in [0.717, 1.165) is 35.9 Å². The highest BCUT2D eigenvalue weighted by molar-refractivity contribution is 6.76. The molecule has 17 heteroatoms. The minimum Gasteiger partial charge on any atom is -0.477 e. The van der Waals surface area contributed by atoms with E-state index in [9.17, 15) is 38.3 Å². The van der Waals surface area contributed by atoms with Crippen molar-refractivity contribution < 1.29 is 47.7 Å². The van der Waals surface area contributed by atoms with Crippen LogP contribution in [-0.2, 0) is 37.0 Å². The Morgan fingerprint density at radius 3 is 2.23 bits per heavy atom. The molecule has 4 aromatic rings. The molecule has 1 aliphatic carbocycles. The van der Waals surface area contributed by atoms with Gasteiger partial charge in [-0.2, -0.15) is 0 Å². The Morgan fingerprint density at radius 1 is 0.938 bits per heavy atom. The van der Waals surface area contributed by atoms with Crippen LogP contribution in [0.4, 0.5) is 25.4 Å². The van der Waals surface area contributed by atoms with E-state index in [0.29, 0.717) is 49.9 Å². The third-order valence-electron chi connectivity index (χ3n) is 11.0. The van der Waals surface area contributed by atoms with Crippen LogP contribution in [0.25, 0.3) is 22.0 Å². The largest absolute Gasteiger partial charge is 0.477 e. The molecule has 1 atom stereocenters. The maximum absolute atomic E-state index is 14.9. The number of nitrogens with one attached hydrogen (secondary N) is 4. The zero-order valence-corrected chi connectivity index (χ0v) is 38.8. The topological polar surface area (TPSA) is 203 Å². The number of aryl methyl sites for hydroxylation is 1. The number of carboxylic acid groups (broad SMARTS) is 1. The smallest absolute Gasteiger partial charge is 0.411 e. The summed E-state index contributed by atoms with van der Waals surface area (Å²) in [6, 6.07) is 14.5. The molecule has 5 rings (SSSR count). The van der Waals surface area contributed by atoms with Crippen molar-refractivity contribution in [2.24, 2.45) is 11.8 Å². The maximum atomic E-state index is 14.9. The van der Waals surface area contributed by atoms with E-state index >= 15 is 0 Å². The fourth-order valence-electron chi connectivity index (χ4n) is 7.47. The number of ether oxygens (including phenoxy) is 3. The minimum absolute atomic E-state index is 0.0616. The molecule has 4 amide bonds. The number of carboxylic acids is 1. The van der Waals surface area contributed by atoms with Crippen molar-refractivity contribution in [3.8, 4) is 11.1 Å². The lowest BCUT2D eigenvalue weighted by molar-refractivity contribution is -0.130. The van der Waals surface area contributed by atoms with Crippen molar-refractivity contribution in [3.05, 3.63) is 93.5 Å². The van der Waals surface area contributed by atoms with Crippen molar-refractivity contribution in [2.45, 2.75) is 104 Å². The molecule has 344 valence electrons. The van der Waals surface area contributed by atoms with Gasteiger partial charge in [0.15, 0.2) is 0 Å². The van der Waals surface area contributed by atoms with Gasteiger partial charge in [0.2, 0.25) is 17.2 Å². The number of carbonyl (C=O) groups excluding carboxylic acids is 4. The number of anilines is 2. The summed E-state index contributed by atoms with van der Waals surface area (Å²) < 4.78 is 32.4. The second kappa shape index (κ2) is 21.1. The Morgan fingerprint density at radius 2 is 1.62 bits per heavy atom. The van der Waals surface area contributed by atoms with E-state index in [2.05, 4.69) is 45.6 Å². The van der Waals surface area contributed by atoms with Gasteiger partial charge < -0.3 is 39.8 Å². The molecule has 0 radical (unpaired) electrons. The predicted octanol–water partition coefficient (Wildman–Crippen LogP) is 8.30. The lowest BCUT2D eigenvalue weighted by Crippen LogP contribution is -2.48. The summed E-state index contributed by atoms with van der Waals surface area (Å²) in [5.41, 5.74) is 1.97. The number of hydrogen-bond donors (Lipinski definition) is 5. The second-order valence-corrected chi connectivity index (χ2v) is 24.2. The Balaban J connectivity index is 1.36. The van der Waals surface area contributed by atoms with Gasteiger partial charge in [0, 0.05) is 50.8 Å². The molecule has 15 nitrogen and oxygen atoms in total. The number of nitrogens with zero attached hydrogens (tertiary/aromatic N) is 1. The molecule has 0 saturated heterocycles. The number of fused-ring (bicyclic) bond motifs is 1. The molecule has 1 saturated carbocycles. The number of benzene rings is 3. The van der Waals surface area contributed by atoms with Gasteiger partial charge in [0.25, 0.3) is 0 Å². The van der Waals surface area contributed by atoms with Crippen LogP contribution in [0.3, 0.4) is 0 Å². The van der Waals surface area contributed by atoms with Crippen LogP contribution >= 0.6 is 0 Å². The summed E-state index contributed by atoms with van der Waals surface area (Å²) in [7, 11) is -0.241. The van der Waals surface area contributed by atoms with Crippen LogP contribution in [-0.4, -0.2) is 79.6 Å². The van der Waals surface area contributed by atoms with E-state index in [1.807, 2.05) is 37.3 Å². The molecule has 1 aliphatic rings. The van der Waals surface area contributed by atoms with E-state index in [1.165, 1.54) is 18.3 Å². The van der Waals surface area contributed by atoms with Gasteiger partial charge in [0.1, 0.15) is 29.8 Å². The third kappa shape index (κ3) is 13.7. The van der Waals surface area contributed by atoms with Crippen molar-refractivity contribution in [2.75, 3.05) is 30.9 Å². The van der Waals surface area contributed by atoms with Crippen molar-refractivity contribution in [3.63, 3.8) is 0 Å². The standard InChI is InChI=1S/C47H60FN5O10Si/c1-28-21-35-40(53(26-36(41(35)54)44(57)58)27-62-19-20-64(6,7)8)24-34(28)31-13-9-29(10-14-31)22-39(43(56)50-33-17-18-38(37(48)23-33)52-46(60)61-5)51-42(55)32-15-11-30(12-16-32)25-49-45(59)63-47(2,3)4/h9-10,13-14,17-18,21,23-24,26,30,32,39H,11-12,15-16,19-20,22,25,27H2,1-8H3,(H,49,59)(H,50,56)(H,51,55)(H,52,60)(H,57,58)/t30-,32-,39-/m0/s1. The molecule has 1 fully saturated rings. The average Bonchev–Trinajstić information content (AvgIpc) is 3.22. The molecule has 1 aromatic heterocycles. The number of carbonyl (C=O) groups is 5. The Labute approximate surface area is 373 Å². The Bertz CT molecular complexity index is 2420. The molecule has 0 bridgehead atoms. The van der Waals surface area contributed by atoms with Gasteiger partial charge in [-0.1, -0.05) is 43.9 Å². The number of aromatic nitrogens is 1. The summed E-state index contributed by atoms with van der Waals surface area (Å²) in [6.07, 6.45) is 2.53. The fraction of sp³-hybridized carbons (Fsp3) is 0.447. The number of pyridine rings is 1. The lowest BCUT2D eigenvalue weighted by atomic mass is 9.81. The highest BCUT2D eigenvalue weighted by Gasteiger charge is 2.31. The molecule has 0 spiro atoms. The summed E-state index contributed by atoms with van der Waals surface area (Å²) in [5.74, 6) is -3.23. The van der Waals surface area contributed by atoms with E-state index in [1.54, 1.807) is 31.4 Å². The molecule has 64 heavy (non-hydrogen) atoms. The number of halogens is 1. The van der Waals surface area contributed by atoms with Crippen LogP contribution in [0.2, 0.25) is 25.7 Å². The van der Waals surface area contributed by atoms with Crippen LogP contribution in [0.15, 0.2) is 65.6 Å². The highest BCUT2D eigenvalue weighted by atomic mass is 28.3. The normalized spacial score (nSPS) is 15.8. The predicted molar refractivity (Wildman–Crippen MR) is 246 cm³/mol. The van der Waals surface area contributed by atoms with Gasteiger partial charge in [0.05, 0.1) is 18.3 Å². The monoisotopic (exact) mass is 901 g/mol. The average molecular weight is 902 g/mol. The minimum atomic E-state index is -1.39. The van der Waals surface area contributed by atoms with Gasteiger partial charge >= 0.3 is 18.2 Å². The first kappa shape index (κ1) is 49.0. The van der Waals surface area contributed by atoms with E-state index < -0.39 is 55.0 Å². The van der Waals surface area contributed by atoms with Gasteiger partial charge in [-0.25, -0.2) is 18.8 Å². The molecular weight excluding hydrogens is 842 g/mol. The molecule has 1 heterocycles. The van der Waals surface area contributed by atoms with Gasteiger partial charge in [-0.15, -0.1) is 0 Å². The number of amides is 4. The SMILES string of the molecule is COC(=O)Nc1ccc(NC(=O)[C@H](Cc2ccc(-c3cc4c(cc3C)c(=O)c(C(=O)O)cn4COCC[Si](C)(C)C)cc2)NC(=O)[C@H]2CC[C@H](CNC(=O)OC(C)(C)C)CC2)cc1F. The zero-order chi connectivity index (χ0) is 46.9. The quantitative estimate of drug-likeness (QED) is 0.0538. The van der Waals surface area contributed by atoms with Crippen LogP contribution < -0.4 is 26.7 Å². The molecule has 5 N–H and O–H groups in total. The molecular formula is C47H60FN5O10Si. The molecule has 0 unspecified atom stereocenters. The molecule has 0 aliphatic heterocycles. The van der Waals surface area contributed by atoms with Gasteiger partial charge in [-0.3, -0.25) is 19.7 Å². The number of methoxy groups -OCH3 is 1. The Hall–Kier alpha value is -6.07. The first-order valence-electron chi connectivity index (χ1n) is 21.4. The maximum Gasteiger partial charge on any atom is 0.411 e. The summed E-state index contributed by atoms with van der Waals surface area (Å²) in [5, 5.41) is 20.8. The van der Waals surface area contributed by atoms with Crippen molar-refractivity contribution >= 4 is 60.3 Å². The second-order valence-electron chi connectivity index (χ2n) is 18.5. The first-order valence-corrected chi connectivity index (χ1v) is 25.1. The number of alkyl carbamates (subject to hydrolysis) is 1. The van der Waals surface area contributed by atoms with Crippen LogP contribution in [0.1, 0.15) is 67.9 Å². The number of rotatable bonds is 16. The van der Waals surface area contributed by atoms with E-state index in [4.69, 9.17) is 9.47 Å².